The monoisotopic (exact) mass is 399 g/mol. The van der Waals surface area contributed by atoms with Gasteiger partial charge in [0, 0.05) is 6.54 Å². The van der Waals surface area contributed by atoms with Crippen LogP contribution >= 0.6 is 0 Å². The van der Waals surface area contributed by atoms with Crippen molar-refractivity contribution in [3.8, 4) is 0 Å². The highest BCUT2D eigenvalue weighted by molar-refractivity contribution is 7.92. The molecule has 0 spiro atoms. The summed E-state index contributed by atoms with van der Waals surface area (Å²) in [6.45, 7) is 5.40. The van der Waals surface area contributed by atoms with E-state index in [0.717, 1.165) is 11.1 Å². The predicted molar refractivity (Wildman–Crippen MR) is 106 cm³/mol. The third-order valence-electron chi connectivity index (χ3n) is 4.23. The van der Waals surface area contributed by atoms with Crippen molar-refractivity contribution in [3.63, 3.8) is 0 Å². The summed E-state index contributed by atoms with van der Waals surface area (Å²) < 4.78 is 32.9. The average Bonchev–Trinajstić information content (AvgIpc) is 3.00. The minimum absolute atomic E-state index is 0.0256. The van der Waals surface area contributed by atoms with Crippen molar-refractivity contribution in [2.75, 3.05) is 4.72 Å². The van der Waals surface area contributed by atoms with Crippen molar-refractivity contribution >= 4 is 21.6 Å². The quantitative estimate of drug-likeness (QED) is 0.662. The van der Waals surface area contributed by atoms with Gasteiger partial charge in [0.25, 0.3) is 15.9 Å². The summed E-state index contributed by atoms with van der Waals surface area (Å²) in [5.74, 6) is -0.191. The predicted octanol–water partition coefficient (Wildman–Crippen LogP) is 3.33. The fourth-order valence-corrected chi connectivity index (χ4v) is 4.22. The molecule has 1 amide bonds. The van der Waals surface area contributed by atoms with E-state index >= 15 is 0 Å². The minimum Gasteiger partial charge on any atom is -0.360 e. The van der Waals surface area contributed by atoms with Gasteiger partial charge in [0.05, 0.1) is 11.3 Å². The smallest absolute Gasteiger partial charge is 0.267 e. The Kier molecular flexibility index (Phi) is 5.51. The molecule has 1 aromatic heterocycles. The number of aryl methyl sites for hydroxylation is 3. The zero-order valence-corrected chi connectivity index (χ0v) is 16.6. The first kappa shape index (κ1) is 19.6. The van der Waals surface area contributed by atoms with Gasteiger partial charge < -0.3 is 9.84 Å². The first-order chi connectivity index (χ1) is 13.3. The summed E-state index contributed by atoms with van der Waals surface area (Å²) in [5, 5.41) is 6.49. The number of para-hydroxylation sites is 1. The van der Waals surface area contributed by atoms with Gasteiger partial charge >= 0.3 is 0 Å². The number of rotatable bonds is 6. The molecule has 0 aliphatic carbocycles. The first-order valence-electron chi connectivity index (χ1n) is 8.66. The Balaban J connectivity index is 1.81. The van der Waals surface area contributed by atoms with Gasteiger partial charge in [0.1, 0.15) is 5.69 Å². The summed E-state index contributed by atoms with van der Waals surface area (Å²) in [6.07, 6.45) is 0. The molecule has 0 aliphatic heterocycles. The molecular formula is C20H21N3O4S. The molecule has 2 N–H and O–H groups in total. The van der Waals surface area contributed by atoms with Crippen molar-refractivity contribution < 1.29 is 17.7 Å². The number of nitrogens with one attached hydrogen (secondary N) is 2. The summed E-state index contributed by atoms with van der Waals surface area (Å²) in [4.78, 5) is 12.6. The number of hydrogen-bond acceptors (Lipinski definition) is 5. The Bertz CT molecular complexity index is 1080. The van der Waals surface area contributed by atoms with Gasteiger partial charge in [-0.15, -0.1) is 0 Å². The molecule has 146 valence electrons. The largest absolute Gasteiger partial charge is 0.360 e. The van der Waals surface area contributed by atoms with E-state index in [-0.39, 0.29) is 33.5 Å². The number of hydrogen-bond donors (Lipinski definition) is 2. The summed E-state index contributed by atoms with van der Waals surface area (Å²) in [7, 11) is -3.95. The molecule has 0 aliphatic rings. The molecule has 3 aromatic rings. The third-order valence-corrected chi connectivity index (χ3v) is 5.84. The summed E-state index contributed by atoms with van der Waals surface area (Å²) in [5.41, 5.74) is 2.75. The minimum atomic E-state index is -3.95. The van der Waals surface area contributed by atoms with Crippen LogP contribution in [0.25, 0.3) is 0 Å². The maximum atomic E-state index is 12.7. The maximum absolute atomic E-state index is 12.7. The highest BCUT2D eigenvalue weighted by atomic mass is 32.2. The summed E-state index contributed by atoms with van der Waals surface area (Å²) >= 11 is 0. The van der Waals surface area contributed by atoms with Crippen molar-refractivity contribution in [1.82, 2.24) is 10.5 Å². The van der Waals surface area contributed by atoms with E-state index in [2.05, 4.69) is 15.2 Å². The van der Waals surface area contributed by atoms with Crippen LogP contribution < -0.4 is 10.0 Å². The lowest BCUT2D eigenvalue weighted by atomic mass is 10.1. The fraction of sp³-hybridized carbons (Fsp3) is 0.200. The fourth-order valence-electron chi connectivity index (χ4n) is 2.81. The Morgan fingerprint density at radius 3 is 2.36 bits per heavy atom. The molecule has 28 heavy (non-hydrogen) atoms. The van der Waals surface area contributed by atoms with Crippen molar-refractivity contribution in [2.24, 2.45) is 0 Å². The Morgan fingerprint density at radius 1 is 1.04 bits per heavy atom. The number of nitrogens with zero attached hydrogens (tertiary/aromatic N) is 1. The highest BCUT2D eigenvalue weighted by Gasteiger charge is 2.25. The molecule has 0 fully saturated rings. The Labute approximate surface area is 163 Å². The van der Waals surface area contributed by atoms with Crippen LogP contribution in [0.2, 0.25) is 0 Å². The topological polar surface area (TPSA) is 101 Å². The number of carbonyl (C=O) groups excluding carboxylic acids is 1. The van der Waals surface area contributed by atoms with E-state index in [4.69, 9.17) is 4.52 Å². The second-order valence-corrected chi connectivity index (χ2v) is 8.09. The van der Waals surface area contributed by atoms with Crippen molar-refractivity contribution in [3.05, 3.63) is 76.7 Å². The number of sulfonamides is 1. The Hall–Kier alpha value is -3.13. The zero-order valence-electron chi connectivity index (χ0n) is 15.8. The summed E-state index contributed by atoms with van der Waals surface area (Å²) in [6, 6.07) is 14.2. The van der Waals surface area contributed by atoms with Crippen LogP contribution in [0.1, 0.15) is 32.9 Å². The molecule has 0 saturated carbocycles. The molecule has 7 nitrogen and oxygen atoms in total. The van der Waals surface area contributed by atoms with Crippen LogP contribution in [0.3, 0.4) is 0 Å². The van der Waals surface area contributed by atoms with Gasteiger partial charge in [-0.3, -0.25) is 9.52 Å². The number of aromatic nitrogens is 1. The lowest BCUT2D eigenvalue weighted by Crippen LogP contribution is -2.25. The van der Waals surface area contributed by atoms with E-state index in [1.807, 2.05) is 31.2 Å². The number of carbonyl (C=O) groups is 1. The van der Waals surface area contributed by atoms with E-state index in [0.29, 0.717) is 6.54 Å². The zero-order chi connectivity index (χ0) is 20.3. The number of anilines is 1. The van der Waals surface area contributed by atoms with E-state index < -0.39 is 10.0 Å². The number of amides is 1. The lowest BCUT2D eigenvalue weighted by Gasteiger charge is -2.13. The molecule has 0 unspecified atom stereocenters. The molecule has 0 saturated heterocycles. The molecule has 1 heterocycles. The average molecular weight is 399 g/mol. The van der Waals surface area contributed by atoms with Crippen LogP contribution in [-0.4, -0.2) is 19.5 Å². The Morgan fingerprint density at radius 2 is 1.71 bits per heavy atom. The molecule has 8 heteroatoms. The molecule has 0 bridgehead atoms. The maximum Gasteiger partial charge on any atom is 0.267 e. The van der Waals surface area contributed by atoms with E-state index in [1.165, 1.54) is 13.0 Å². The second-order valence-electron chi connectivity index (χ2n) is 6.47. The van der Waals surface area contributed by atoms with Crippen LogP contribution in [0, 0.1) is 20.8 Å². The molecular weight excluding hydrogens is 378 g/mol. The van der Waals surface area contributed by atoms with Crippen molar-refractivity contribution in [1.29, 1.82) is 0 Å². The standard InChI is InChI=1S/C20H21N3O4S/c1-13-8-10-16(11-9-13)12-21-20(24)17-6-4-5-7-18(17)23-28(25,26)19-14(2)22-27-15(19)3/h4-11,23H,12H2,1-3H3,(H,21,24). The van der Waals surface area contributed by atoms with Crippen molar-refractivity contribution in [2.45, 2.75) is 32.2 Å². The first-order valence-corrected chi connectivity index (χ1v) is 10.1. The van der Waals surface area contributed by atoms with Gasteiger partial charge in [0.2, 0.25) is 0 Å². The van der Waals surface area contributed by atoms with E-state index in [1.54, 1.807) is 25.1 Å². The molecule has 0 radical (unpaired) electrons. The van der Waals surface area contributed by atoms with Gasteiger partial charge in [0.15, 0.2) is 10.7 Å². The van der Waals surface area contributed by atoms with Gasteiger partial charge in [-0.25, -0.2) is 8.42 Å². The molecule has 3 rings (SSSR count). The van der Waals surface area contributed by atoms with Crippen LogP contribution in [0.15, 0.2) is 57.9 Å². The third kappa shape index (κ3) is 4.23. The van der Waals surface area contributed by atoms with E-state index in [9.17, 15) is 13.2 Å². The molecule has 2 aromatic carbocycles. The SMILES string of the molecule is Cc1ccc(CNC(=O)c2ccccc2NS(=O)(=O)c2c(C)noc2C)cc1. The van der Waals surface area contributed by atoms with Crippen LogP contribution in [0.4, 0.5) is 5.69 Å². The van der Waals surface area contributed by atoms with Gasteiger partial charge in [-0.05, 0) is 38.5 Å². The second kappa shape index (κ2) is 7.85. The van der Waals surface area contributed by atoms with Gasteiger partial charge in [-0.1, -0.05) is 47.1 Å². The normalized spacial score (nSPS) is 11.2. The lowest BCUT2D eigenvalue weighted by molar-refractivity contribution is 0.0952. The highest BCUT2D eigenvalue weighted by Crippen LogP contribution is 2.24. The van der Waals surface area contributed by atoms with Crippen LogP contribution in [-0.2, 0) is 16.6 Å². The number of benzene rings is 2. The molecule has 0 atom stereocenters. The van der Waals surface area contributed by atoms with Gasteiger partial charge in [-0.2, -0.15) is 0 Å². The van der Waals surface area contributed by atoms with Crippen LogP contribution in [0.5, 0.6) is 0 Å².